The van der Waals surface area contributed by atoms with Crippen molar-refractivity contribution in [3.05, 3.63) is 29.8 Å². The molecule has 1 aliphatic heterocycles. The Morgan fingerprint density at radius 1 is 1.39 bits per heavy atom. The second-order valence-corrected chi connectivity index (χ2v) is 7.51. The molecule has 0 bridgehead atoms. The Bertz CT molecular complexity index is 541. The third kappa shape index (κ3) is 2.84. The Labute approximate surface area is 108 Å². The number of aromatic hydroxyl groups is 1. The van der Waals surface area contributed by atoms with Gasteiger partial charge < -0.3 is 10.4 Å². The van der Waals surface area contributed by atoms with Gasteiger partial charge in [0.05, 0.1) is 11.5 Å². The molecular formula is C13H19NO3S. The van der Waals surface area contributed by atoms with Crippen LogP contribution in [0.1, 0.15) is 31.9 Å². The maximum atomic E-state index is 11.5. The maximum Gasteiger partial charge on any atom is 0.152 e. The van der Waals surface area contributed by atoms with Crippen molar-refractivity contribution in [1.29, 1.82) is 0 Å². The van der Waals surface area contributed by atoms with Crippen LogP contribution in [0.5, 0.6) is 5.75 Å². The van der Waals surface area contributed by atoms with Crippen molar-refractivity contribution in [3.8, 4) is 5.75 Å². The van der Waals surface area contributed by atoms with Crippen molar-refractivity contribution in [3.63, 3.8) is 0 Å². The lowest BCUT2D eigenvalue weighted by molar-refractivity contribution is 0.348. The zero-order chi connectivity index (χ0) is 13.4. The van der Waals surface area contributed by atoms with Crippen LogP contribution in [0.3, 0.4) is 0 Å². The molecule has 0 saturated carbocycles. The summed E-state index contributed by atoms with van der Waals surface area (Å²) < 4.78 is 23.1. The highest BCUT2D eigenvalue weighted by atomic mass is 32.2. The molecular weight excluding hydrogens is 250 g/mol. The zero-order valence-electron chi connectivity index (χ0n) is 10.7. The van der Waals surface area contributed by atoms with Gasteiger partial charge in [-0.2, -0.15) is 0 Å². The summed E-state index contributed by atoms with van der Waals surface area (Å²) >= 11 is 0. The summed E-state index contributed by atoms with van der Waals surface area (Å²) in [7, 11) is -2.92. The highest BCUT2D eigenvalue weighted by Gasteiger charge is 2.39. The minimum atomic E-state index is -2.92. The standard InChI is InChI=1S/C13H19NO3S/c1-10(11-5-3-4-6-12(11)15)14-13(2)7-8-18(16,17)9-13/h3-6,10,14-15H,7-9H2,1-2H3. The number of rotatable bonds is 3. The zero-order valence-corrected chi connectivity index (χ0v) is 11.5. The summed E-state index contributed by atoms with van der Waals surface area (Å²) in [4.78, 5) is 0. The number of sulfone groups is 1. The molecule has 0 aliphatic carbocycles. The van der Waals surface area contributed by atoms with Gasteiger partial charge in [0, 0.05) is 17.1 Å². The van der Waals surface area contributed by atoms with Gasteiger partial charge >= 0.3 is 0 Å². The van der Waals surface area contributed by atoms with E-state index >= 15 is 0 Å². The quantitative estimate of drug-likeness (QED) is 0.875. The molecule has 1 saturated heterocycles. The average Bonchev–Trinajstić information content (AvgIpc) is 2.53. The topological polar surface area (TPSA) is 66.4 Å². The fourth-order valence-corrected chi connectivity index (χ4v) is 4.68. The Morgan fingerprint density at radius 2 is 2.06 bits per heavy atom. The smallest absolute Gasteiger partial charge is 0.152 e. The van der Waals surface area contributed by atoms with Crippen molar-refractivity contribution in [2.24, 2.45) is 0 Å². The molecule has 0 aromatic heterocycles. The first-order valence-corrected chi connectivity index (χ1v) is 7.89. The van der Waals surface area contributed by atoms with Gasteiger partial charge in [-0.25, -0.2) is 8.42 Å². The van der Waals surface area contributed by atoms with E-state index in [4.69, 9.17) is 0 Å². The molecule has 2 atom stereocenters. The summed E-state index contributed by atoms with van der Waals surface area (Å²) in [5.74, 6) is 0.643. The van der Waals surface area contributed by atoms with E-state index in [1.807, 2.05) is 26.0 Å². The first-order valence-electron chi connectivity index (χ1n) is 6.07. The van der Waals surface area contributed by atoms with Crippen LogP contribution in [0.25, 0.3) is 0 Å². The number of para-hydroxylation sites is 1. The van der Waals surface area contributed by atoms with Crippen LogP contribution in [0.4, 0.5) is 0 Å². The van der Waals surface area contributed by atoms with E-state index in [9.17, 15) is 13.5 Å². The van der Waals surface area contributed by atoms with Crippen molar-refractivity contribution in [2.45, 2.75) is 31.8 Å². The van der Waals surface area contributed by atoms with E-state index < -0.39 is 15.4 Å². The second kappa shape index (κ2) is 4.55. The summed E-state index contributed by atoms with van der Waals surface area (Å²) in [6.07, 6.45) is 0.618. The Morgan fingerprint density at radius 3 is 2.61 bits per heavy atom. The van der Waals surface area contributed by atoms with Crippen LogP contribution < -0.4 is 5.32 Å². The predicted molar refractivity (Wildman–Crippen MR) is 71.3 cm³/mol. The van der Waals surface area contributed by atoms with E-state index in [-0.39, 0.29) is 23.3 Å². The van der Waals surface area contributed by atoms with Crippen LogP contribution in [0.2, 0.25) is 0 Å². The molecule has 100 valence electrons. The van der Waals surface area contributed by atoms with Crippen molar-refractivity contribution in [2.75, 3.05) is 11.5 Å². The maximum absolute atomic E-state index is 11.5. The van der Waals surface area contributed by atoms with Crippen LogP contribution in [0, 0.1) is 0 Å². The number of hydrogen-bond acceptors (Lipinski definition) is 4. The summed E-state index contributed by atoms with van der Waals surface area (Å²) in [6.45, 7) is 3.86. The van der Waals surface area contributed by atoms with E-state index in [0.29, 0.717) is 6.42 Å². The van der Waals surface area contributed by atoms with Crippen LogP contribution in [-0.4, -0.2) is 30.6 Å². The van der Waals surface area contributed by atoms with Gasteiger partial charge in [0.1, 0.15) is 5.75 Å². The summed E-state index contributed by atoms with van der Waals surface area (Å²) in [5, 5.41) is 13.1. The van der Waals surface area contributed by atoms with E-state index in [1.54, 1.807) is 12.1 Å². The molecule has 2 rings (SSSR count). The Hall–Kier alpha value is -1.07. The molecule has 1 aliphatic rings. The molecule has 5 heteroatoms. The first kappa shape index (κ1) is 13.4. The number of phenols is 1. The molecule has 0 spiro atoms. The monoisotopic (exact) mass is 269 g/mol. The molecule has 18 heavy (non-hydrogen) atoms. The molecule has 1 aromatic carbocycles. The number of benzene rings is 1. The lowest BCUT2D eigenvalue weighted by Gasteiger charge is -2.29. The minimum absolute atomic E-state index is 0.0792. The largest absolute Gasteiger partial charge is 0.508 e. The fourth-order valence-electron chi connectivity index (χ4n) is 2.58. The normalized spacial score (nSPS) is 28.1. The van der Waals surface area contributed by atoms with E-state index in [0.717, 1.165) is 5.56 Å². The van der Waals surface area contributed by atoms with Crippen molar-refractivity contribution in [1.82, 2.24) is 5.32 Å². The SMILES string of the molecule is CC(NC1(C)CCS(=O)(=O)C1)c1ccccc1O. The molecule has 1 fully saturated rings. The van der Waals surface area contributed by atoms with Crippen molar-refractivity contribution < 1.29 is 13.5 Å². The number of nitrogens with one attached hydrogen (secondary N) is 1. The lowest BCUT2D eigenvalue weighted by atomic mass is 9.98. The molecule has 4 nitrogen and oxygen atoms in total. The highest BCUT2D eigenvalue weighted by Crippen LogP contribution is 2.29. The fraction of sp³-hybridized carbons (Fsp3) is 0.538. The minimum Gasteiger partial charge on any atom is -0.508 e. The third-order valence-corrected chi connectivity index (χ3v) is 5.37. The second-order valence-electron chi connectivity index (χ2n) is 5.33. The molecule has 0 radical (unpaired) electrons. The van der Waals surface area contributed by atoms with Gasteiger partial charge in [0.25, 0.3) is 0 Å². The predicted octanol–water partition coefficient (Wildman–Crippen LogP) is 1.62. The van der Waals surface area contributed by atoms with Gasteiger partial charge in [-0.15, -0.1) is 0 Å². The molecule has 2 N–H and O–H groups in total. The van der Waals surface area contributed by atoms with Gasteiger partial charge in [-0.1, -0.05) is 18.2 Å². The molecule has 1 heterocycles. The van der Waals surface area contributed by atoms with Crippen molar-refractivity contribution >= 4 is 9.84 Å². The molecule has 0 amide bonds. The average molecular weight is 269 g/mol. The Balaban J connectivity index is 2.13. The molecule has 1 aromatic rings. The third-order valence-electron chi connectivity index (χ3n) is 3.47. The Kier molecular flexibility index (Phi) is 3.38. The summed E-state index contributed by atoms with van der Waals surface area (Å²) in [5.41, 5.74) is 0.392. The van der Waals surface area contributed by atoms with E-state index in [1.165, 1.54) is 0 Å². The van der Waals surface area contributed by atoms with Gasteiger partial charge in [-0.05, 0) is 26.3 Å². The number of phenolic OH excluding ortho intramolecular Hbond substituents is 1. The van der Waals surface area contributed by atoms with Gasteiger partial charge in [0.15, 0.2) is 9.84 Å². The van der Waals surface area contributed by atoms with Crippen LogP contribution >= 0.6 is 0 Å². The lowest BCUT2D eigenvalue weighted by Crippen LogP contribution is -2.44. The van der Waals surface area contributed by atoms with Gasteiger partial charge in [0.2, 0.25) is 0 Å². The van der Waals surface area contributed by atoms with Crippen LogP contribution in [-0.2, 0) is 9.84 Å². The van der Waals surface area contributed by atoms with Crippen LogP contribution in [0.15, 0.2) is 24.3 Å². The number of hydrogen-bond donors (Lipinski definition) is 2. The summed E-state index contributed by atoms with van der Waals surface area (Å²) in [6, 6.07) is 7.04. The molecule has 2 unspecified atom stereocenters. The van der Waals surface area contributed by atoms with Gasteiger partial charge in [-0.3, -0.25) is 0 Å². The highest BCUT2D eigenvalue weighted by molar-refractivity contribution is 7.91. The first-order chi connectivity index (χ1) is 8.31. The van der Waals surface area contributed by atoms with E-state index in [2.05, 4.69) is 5.32 Å².